The van der Waals surface area contributed by atoms with Crippen LogP contribution < -0.4 is 0 Å². The van der Waals surface area contributed by atoms with Crippen LogP contribution in [0.5, 0.6) is 0 Å². The summed E-state index contributed by atoms with van der Waals surface area (Å²) < 4.78 is 26.5. The van der Waals surface area contributed by atoms with Gasteiger partial charge in [0.1, 0.15) is 11.6 Å². The molecule has 0 atom stereocenters. The van der Waals surface area contributed by atoms with E-state index in [1.165, 1.54) is 24.3 Å². The predicted molar refractivity (Wildman–Crippen MR) is 70.2 cm³/mol. The largest absolute Gasteiger partial charge is 0.294 e. The highest BCUT2D eigenvalue weighted by Crippen LogP contribution is 2.14. The van der Waals surface area contributed by atoms with Crippen molar-refractivity contribution in [1.29, 1.82) is 0 Å². The molecular weight excluding hydrogens is 246 g/mol. The lowest BCUT2D eigenvalue weighted by atomic mass is 10.0. The lowest BCUT2D eigenvalue weighted by molar-refractivity contribution is 0.0982. The van der Waals surface area contributed by atoms with Crippen LogP contribution in [0.4, 0.5) is 8.78 Å². The van der Waals surface area contributed by atoms with Gasteiger partial charge in [-0.2, -0.15) is 0 Å². The summed E-state index contributed by atoms with van der Waals surface area (Å²) in [5, 5.41) is 0. The molecule has 1 nitrogen and oxygen atoms in total. The van der Waals surface area contributed by atoms with E-state index in [1.54, 1.807) is 25.1 Å². The number of ketones is 1. The Labute approximate surface area is 110 Å². The van der Waals surface area contributed by atoms with E-state index in [0.29, 0.717) is 23.1 Å². The molecule has 0 bridgehead atoms. The molecule has 0 aliphatic heterocycles. The number of carbonyl (C=O) groups is 1. The van der Waals surface area contributed by atoms with Crippen LogP contribution in [0.25, 0.3) is 0 Å². The molecule has 0 aromatic heterocycles. The number of rotatable bonds is 4. The highest BCUT2D eigenvalue weighted by molar-refractivity contribution is 5.96. The Bertz CT molecular complexity index is 605. The Morgan fingerprint density at radius 2 is 1.79 bits per heavy atom. The maximum atomic E-state index is 13.4. The van der Waals surface area contributed by atoms with Gasteiger partial charge >= 0.3 is 0 Å². The number of hydrogen-bond acceptors (Lipinski definition) is 1. The van der Waals surface area contributed by atoms with E-state index in [9.17, 15) is 13.6 Å². The Balaban J connectivity index is 2.05. The lowest BCUT2D eigenvalue weighted by Crippen LogP contribution is -2.03. The van der Waals surface area contributed by atoms with Gasteiger partial charge in [-0.15, -0.1) is 0 Å². The molecule has 0 amide bonds. The van der Waals surface area contributed by atoms with Crippen LogP contribution in [0, 0.1) is 18.6 Å². The first-order chi connectivity index (χ1) is 9.08. The third kappa shape index (κ3) is 3.25. The number of carbonyl (C=O) groups excluding carboxylic acids is 1. The maximum Gasteiger partial charge on any atom is 0.163 e. The second kappa shape index (κ2) is 5.74. The lowest BCUT2D eigenvalue weighted by Gasteiger charge is -2.04. The van der Waals surface area contributed by atoms with Gasteiger partial charge in [-0.1, -0.05) is 18.2 Å². The molecular formula is C16H14F2O. The van der Waals surface area contributed by atoms with Gasteiger partial charge in [0.2, 0.25) is 0 Å². The first-order valence-corrected chi connectivity index (χ1v) is 6.10. The SMILES string of the molecule is Cc1cc(C(=O)CCc2ccccc2F)ccc1F. The standard InChI is InChI=1S/C16H14F2O/c1-11-10-13(6-8-14(11)17)16(19)9-7-12-4-2-3-5-15(12)18/h2-6,8,10H,7,9H2,1H3. The summed E-state index contributed by atoms with van der Waals surface area (Å²) in [6.45, 7) is 1.61. The smallest absolute Gasteiger partial charge is 0.163 e. The van der Waals surface area contributed by atoms with Crippen molar-refractivity contribution in [3.05, 3.63) is 70.8 Å². The van der Waals surface area contributed by atoms with Crippen molar-refractivity contribution in [2.75, 3.05) is 0 Å². The molecule has 0 unspecified atom stereocenters. The number of benzene rings is 2. The Morgan fingerprint density at radius 1 is 1.05 bits per heavy atom. The summed E-state index contributed by atoms with van der Waals surface area (Å²) >= 11 is 0. The Morgan fingerprint density at radius 3 is 2.47 bits per heavy atom. The average Bonchev–Trinajstić information content (AvgIpc) is 2.40. The molecule has 0 heterocycles. The minimum absolute atomic E-state index is 0.105. The Kier molecular flexibility index (Phi) is 4.05. The molecule has 2 aromatic carbocycles. The van der Waals surface area contributed by atoms with Crippen LogP contribution >= 0.6 is 0 Å². The molecule has 0 N–H and O–H groups in total. The van der Waals surface area contributed by atoms with Crippen molar-refractivity contribution in [2.45, 2.75) is 19.8 Å². The van der Waals surface area contributed by atoms with Crippen molar-refractivity contribution in [3.8, 4) is 0 Å². The van der Waals surface area contributed by atoms with Crippen LogP contribution in [-0.2, 0) is 6.42 Å². The van der Waals surface area contributed by atoms with Gasteiger partial charge in [-0.25, -0.2) is 8.78 Å². The topological polar surface area (TPSA) is 17.1 Å². The summed E-state index contributed by atoms with van der Waals surface area (Å²) in [6.07, 6.45) is 0.563. The minimum atomic E-state index is -0.328. The number of hydrogen-bond donors (Lipinski definition) is 0. The second-order valence-electron chi connectivity index (χ2n) is 4.48. The van der Waals surface area contributed by atoms with Crippen molar-refractivity contribution in [2.24, 2.45) is 0 Å². The van der Waals surface area contributed by atoms with Crippen molar-refractivity contribution in [1.82, 2.24) is 0 Å². The monoisotopic (exact) mass is 260 g/mol. The highest BCUT2D eigenvalue weighted by Gasteiger charge is 2.09. The van der Waals surface area contributed by atoms with Crippen LogP contribution in [0.2, 0.25) is 0 Å². The minimum Gasteiger partial charge on any atom is -0.294 e. The number of Topliss-reactive ketones (excluding diaryl/α,β-unsaturated/α-hetero) is 1. The van der Waals surface area contributed by atoms with Crippen molar-refractivity contribution in [3.63, 3.8) is 0 Å². The highest BCUT2D eigenvalue weighted by atomic mass is 19.1. The van der Waals surface area contributed by atoms with E-state index in [2.05, 4.69) is 0 Å². The second-order valence-corrected chi connectivity index (χ2v) is 4.48. The third-order valence-corrected chi connectivity index (χ3v) is 3.06. The zero-order valence-electron chi connectivity index (χ0n) is 10.6. The zero-order valence-corrected chi connectivity index (χ0v) is 10.6. The molecule has 0 radical (unpaired) electrons. The normalized spacial score (nSPS) is 10.5. The Hall–Kier alpha value is -2.03. The van der Waals surface area contributed by atoms with Crippen LogP contribution in [0.3, 0.4) is 0 Å². The number of halogens is 2. The third-order valence-electron chi connectivity index (χ3n) is 3.06. The fraction of sp³-hybridized carbons (Fsp3) is 0.188. The van der Waals surface area contributed by atoms with Crippen LogP contribution in [0.1, 0.15) is 27.9 Å². The van der Waals surface area contributed by atoms with Gasteiger partial charge in [-0.05, 0) is 48.7 Å². The van der Waals surface area contributed by atoms with E-state index in [-0.39, 0.29) is 23.8 Å². The molecule has 3 heteroatoms. The molecule has 19 heavy (non-hydrogen) atoms. The summed E-state index contributed by atoms with van der Waals surface area (Å²) in [4.78, 5) is 11.9. The summed E-state index contributed by atoms with van der Waals surface area (Å²) in [6, 6.07) is 10.7. The predicted octanol–water partition coefficient (Wildman–Crippen LogP) is 4.09. The van der Waals surface area contributed by atoms with Crippen LogP contribution in [0.15, 0.2) is 42.5 Å². The molecule has 0 spiro atoms. The van der Waals surface area contributed by atoms with Gasteiger partial charge in [0.15, 0.2) is 5.78 Å². The number of aryl methyl sites for hydroxylation is 2. The summed E-state index contributed by atoms with van der Waals surface area (Å²) in [5.74, 6) is -0.734. The molecule has 0 aliphatic carbocycles. The fourth-order valence-electron chi connectivity index (χ4n) is 1.91. The average molecular weight is 260 g/mol. The molecule has 98 valence electrons. The molecule has 0 fully saturated rings. The van der Waals surface area contributed by atoms with Crippen molar-refractivity contribution >= 4 is 5.78 Å². The van der Waals surface area contributed by atoms with Gasteiger partial charge in [0, 0.05) is 12.0 Å². The molecule has 2 aromatic rings. The zero-order chi connectivity index (χ0) is 13.8. The van der Waals surface area contributed by atoms with E-state index in [4.69, 9.17) is 0 Å². The molecule has 0 aliphatic rings. The van der Waals surface area contributed by atoms with Gasteiger partial charge in [0.05, 0.1) is 0 Å². The molecule has 0 saturated heterocycles. The van der Waals surface area contributed by atoms with Gasteiger partial charge < -0.3 is 0 Å². The van der Waals surface area contributed by atoms with E-state index in [0.717, 1.165) is 0 Å². The van der Waals surface area contributed by atoms with E-state index < -0.39 is 0 Å². The molecule has 0 saturated carbocycles. The van der Waals surface area contributed by atoms with Gasteiger partial charge in [-0.3, -0.25) is 4.79 Å². The maximum absolute atomic E-state index is 13.4. The van der Waals surface area contributed by atoms with Crippen molar-refractivity contribution < 1.29 is 13.6 Å². The fourth-order valence-corrected chi connectivity index (χ4v) is 1.91. The van der Waals surface area contributed by atoms with Gasteiger partial charge in [0.25, 0.3) is 0 Å². The summed E-state index contributed by atoms with van der Waals surface area (Å²) in [5.41, 5.74) is 1.43. The summed E-state index contributed by atoms with van der Waals surface area (Å²) in [7, 11) is 0. The first-order valence-electron chi connectivity index (χ1n) is 6.10. The first kappa shape index (κ1) is 13.4. The van der Waals surface area contributed by atoms with E-state index in [1.807, 2.05) is 0 Å². The molecule has 2 rings (SSSR count). The van der Waals surface area contributed by atoms with E-state index >= 15 is 0 Å². The van der Waals surface area contributed by atoms with Crippen LogP contribution in [-0.4, -0.2) is 5.78 Å². The quantitative estimate of drug-likeness (QED) is 0.757.